The summed E-state index contributed by atoms with van der Waals surface area (Å²) in [7, 11) is 4.28. The summed E-state index contributed by atoms with van der Waals surface area (Å²) in [5.74, 6) is 0. The molecule has 1 aliphatic rings. The molecule has 2 rings (SSSR count). The van der Waals surface area contributed by atoms with Gasteiger partial charge in [-0.05, 0) is 71.3 Å². The molecule has 0 aromatic carbocycles. The molecule has 1 N–H and O–H groups in total. The summed E-state index contributed by atoms with van der Waals surface area (Å²) in [4.78, 5) is 6.85. The highest BCUT2D eigenvalue weighted by Crippen LogP contribution is 2.28. The second-order valence-corrected chi connectivity index (χ2v) is 6.01. The van der Waals surface area contributed by atoms with Gasteiger partial charge < -0.3 is 10.2 Å². The molecule has 2 atom stereocenters. The number of aromatic nitrogens is 1. The summed E-state index contributed by atoms with van der Waals surface area (Å²) < 4.78 is 0. The highest BCUT2D eigenvalue weighted by atomic mass is 15.0. The minimum atomic E-state index is 0.458. The van der Waals surface area contributed by atoms with Crippen LogP contribution < -0.4 is 5.32 Å². The van der Waals surface area contributed by atoms with Crippen molar-refractivity contribution in [1.29, 1.82) is 0 Å². The smallest absolute Gasteiger partial charge is 0.0605 e. The van der Waals surface area contributed by atoms with Gasteiger partial charge in [0.05, 0.1) is 5.69 Å². The van der Waals surface area contributed by atoms with Gasteiger partial charge in [-0.1, -0.05) is 6.07 Å². The minimum Gasteiger partial charge on any atom is -0.309 e. The van der Waals surface area contributed by atoms with Crippen molar-refractivity contribution >= 4 is 0 Å². The molecule has 0 spiro atoms. The second-order valence-electron chi connectivity index (χ2n) is 6.01. The van der Waals surface area contributed by atoms with E-state index in [1.54, 1.807) is 0 Å². The average Bonchev–Trinajstić information content (AvgIpc) is 2.39. The van der Waals surface area contributed by atoms with E-state index in [-0.39, 0.29) is 0 Å². The lowest BCUT2D eigenvalue weighted by Gasteiger charge is -2.28. The molecule has 1 aliphatic carbocycles. The van der Waals surface area contributed by atoms with Crippen molar-refractivity contribution < 1.29 is 0 Å². The van der Waals surface area contributed by atoms with Crippen molar-refractivity contribution in [3.63, 3.8) is 0 Å². The van der Waals surface area contributed by atoms with E-state index in [1.807, 2.05) is 6.20 Å². The Balaban J connectivity index is 1.86. The van der Waals surface area contributed by atoms with E-state index in [1.165, 1.54) is 49.9 Å². The lowest BCUT2D eigenvalue weighted by atomic mass is 9.91. The molecule has 0 aliphatic heterocycles. The quantitative estimate of drug-likeness (QED) is 0.853. The van der Waals surface area contributed by atoms with E-state index in [0.717, 1.165) is 0 Å². The van der Waals surface area contributed by atoms with E-state index in [9.17, 15) is 0 Å². The Bertz CT molecular complexity index is 389. The van der Waals surface area contributed by atoms with Crippen LogP contribution in [0.25, 0.3) is 0 Å². The number of hydrogen-bond donors (Lipinski definition) is 1. The van der Waals surface area contributed by atoms with Crippen molar-refractivity contribution in [3.8, 4) is 0 Å². The fourth-order valence-corrected chi connectivity index (χ4v) is 2.91. The Hall–Kier alpha value is -0.930. The van der Waals surface area contributed by atoms with Crippen molar-refractivity contribution in [2.75, 3.05) is 20.6 Å². The van der Waals surface area contributed by atoms with Crippen LogP contribution in [0.2, 0.25) is 0 Å². The first-order valence-electron chi connectivity index (χ1n) is 7.51. The Labute approximate surface area is 117 Å². The van der Waals surface area contributed by atoms with Crippen molar-refractivity contribution in [2.24, 2.45) is 0 Å². The summed E-state index contributed by atoms with van der Waals surface area (Å²) in [5.41, 5.74) is 2.72. The predicted molar refractivity (Wildman–Crippen MR) is 80.3 cm³/mol. The molecular weight excluding hydrogens is 234 g/mol. The molecule has 19 heavy (non-hydrogen) atoms. The maximum atomic E-state index is 4.59. The zero-order chi connectivity index (χ0) is 13.7. The first-order chi connectivity index (χ1) is 9.16. The van der Waals surface area contributed by atoms with E-state index in [2.05, 4.69) is 48.4 Å². The van der Waals surface area contributed by atoms with Gasteiger partial charge in [-0.2, -0.15) is 0 Å². The van der Waals surface area contributed by atoms with Gasteiger partial charge in [0, 0.05) is 18.3 Å². The van der Waals surface area contributed by atoms with E-state index < -0.39 is 0 Å². The van der Waals surface area contributed by atoms with Crippen LogP contribution in [-0.2, 0) is 6.42 Å². The number of pyridine rings is 1. The molecule has 3 nitrogen and oxygen atoms in total. The van der Waals surface area contributed by atoms with Gasteiger partial charge in [-0.25, -0.2) is 0 Å². The highest BCUT2D eigenvalue weighted by molar-refractivity contribution is 5.25. The molecule has 0 bridgehead atoms. The van der Waals surface area contributed by atoms with Gasteiger partial charge in [0.1, 0.15) is 0 Å². The Kier molecular flexibility index (Phi) is 5.34. The average molecular weight is 261 g/mol. The Morgan fingerprint density at radius 1 is 1.47 bits per heavy atom. The topological polar surface area (TPSA) is 28.2 Å². The molecule has 1 heterocycles. The maximum Gasteiger partial charge on any atom is 0.0605 e. The first-order valence-corrected chi connectivity index (χ1v) is 7.51. The highest BCUT2D eigenvalue weighted by Gasteiger charge is 2.22. The van der Waals surface area contributed by atoms with Gasteiger partial charge >= 0.3 is 0 Å². The lowest BCUT2D eigenvalue weighted by molar-refractivity contribution is 0.349. The summed E-state index contributed by atoms with van der Waals surface area (Å²) in [6.45, 7) is 3.47. The zero-order valence-electron chi connectivity index (χ0n) is 12.5. The fraction of sp³-hybridized carbons (Fsp3) is 0.688. The van der Waals surface area contributed by atoms with Crippen molar-refractivity contribution in [2.45, 2.75) is 51.1 Å². The summed E-state index contributed by atoms with van der Waals surface area (Å²) >= 11 is 0. The van der Waals surface area contributed by atoms with Crippen LogP contribution in [0.3, 0.4) is 0 Å². The number of rotatable bonds is 6. The van der Waals surface area contributed by atoms with Gasteiger partial charge in [0.15, 0.2) is 0 Å². The molecule has 0 fully saturated rings. The third-order valence-electron chi connectivity index (χ3n) is 3.92. The number of nitrogens with zero attached hydrogens (tertiary/aromatic N) is 2. The summed E-state index contributed by atoms with van der Waals surface area (Å²) in [5, 5.41) is 3.77. The summed E-state index contributed by atoms with van der Waals surface area (Å²) in [6, 6.07) is 5.31. The largest absolute Gasteiger partial charge is 0.309 e. The summed E-state index contributed by atoms with van der Waals surface area (Å²) in [6.07, 6.45) is 8.11. The lowest BCUT2D eigenvalue weighted by Crippen LogP contribution is -2.33. The number of nitrogens with one attached hydrogen (secondary N) is 1. The Morgan fingerprint density at radius 3 is 3.11 bits per heavy atom. The van der Waals surface area contributed by atoms with Crippen LogP contribution in [0.1, 0.15) is 49.9 Å². The van der Waals surface area contributed by atoms with Crippen LogP contribution in [0.15, 0.2) is 18.3 Å². The maximum absolute atomic E-state index is 4.59. The Morgan fingerprint density at radius 2 is 2.32 bits per heavy atom. The van der Waals surface area contributed by atoms with Crippen LogP contribution in [0, 0.1) is 0 Å². The molecule has 0 amide bonds. The molecule has 1 aromatic heterocycles. The zero-order valence-corrected chi connectivity index (χ0v) is 12.5. The molecule has 3 heteroatoms. The van der Waals surface area contributed by atoms with Crippen LogP contribution in [-0.4, -0.2) is 36.6 Å². The molecule has 0 saturated heterocycles. The number of fused-ring (bicyclic) bond motifs is 1. The van der Waals surface area contributed by atoms with Gasteiger partial charge in [-0.15, -0.1) is 0 Å². The van der Waals surface area contributed by atoms with Gasteiger partial charge in [-0.3, -0.25) is 4.98 Å². The first kappa shape index (κ1) is 14.5. The van der Waals surface area contributed by atoms with Gasteiger partial charge in [0.2, 0.25) is 0 Å². The molecule has 1 aromatic rings. The van der Waals surface area contributed by atoms with Crippen LogP contribution in [0.4, 0.5) is 0 Å². The third kappa shape index (κ3) is 4.29. The molecule has 106 valence electrons. The van der Waals surface area contributed by atoms with E-state index in [4.69, 9.17) is 0 Å². The van der Waals surface area contributed by atoms with Gasteiger partial charge in [0.25, 0.3) is 0 Å². The standard InChI is InChI=1S/C16H27N3/c1-13(7-6-12-19(2)3)18-15-10-4-8-14-9-5-11-17-16(14)15/h5,9,11,13,15,18H,4,6-8,10,12H2,1-3H3. The fourth-order valence-electron chi connectivity index (χ4n) is 2.91. The van der Waals surface area contributed by atoms with Crippen LogP contribution >= 0.6 is 0 Å². The van der Waals surface area contributed by atoms with E-state index in [0.29, 0.717) is 12.1 Å². The molecule has 0 saturated carbocycles. The minimum absolute atomic E-state index is 0.458. The van der Waals surface area contributed by atoms with E-state index >= 15 is 0 Å². The molecular formula is C16H27N3. The predicted octanol–water partition coefficient (Wildman–Crippen LogP) is 2.78. The van der Waals surface area contributed by atoms with Crippen molar-refractivity contribution in [1.82, 2.24) is 15.2 Å². The monoisotopic (exact) mass is 261 g/mol. The SMILES string of the molecule is CC(CCCN(C)C)NC1CCCc2cccnc21. The number of hydrogen-bond acceptors (Lipinski definition) is 3. The molecule has 2 unspecified atom stereocenters. The normalized spacial score (nSPS) is 20.3. The van der Waals surface area contributed by atoms with Crippen molar-refractivity contribution in [3.05, 3.63) is 29.6 Å². The second kappa shape index (κ2) is 7.01. The number of aryl methyl sites for hydroxylation is 1. The van der Waals surface area contributed by atoms with Crippen LogP contribution in [0.5, 0.6) is 0 Å². The third-order valence-corrected chi connectivity index (χ3v) is 3.92. The molecule has 0 radical (unpaired) electrons.